The Bertz CT molecular complexity index is 815. The number of carbonyl (C=O) groups is 1. The molecule has 0 unspecified atom stereocenters. The molecule has 3 rings (SSSR count). The van der Waals surface area contributed by atoms with Gasteiger partial charge in [0.05, 0.1) is 0 Å². The Hall–Kier alpha value is -1.15. The van der Waals surface area contributed by atoms with Crippen LogP contribution in [0.3, 0.4) is 0 Å². The molecule has 1 saturated heterocycles. The van der Waals surface area contributed by atoms with Crippen LogP contribution in [0.4, 0.5) is 0 Å². The van der Waals surface area contributed by atoms with Gasteiger partial charge in [-0.2, -0.15) is 4.31 Å². The fraction of sp³-hybridized carbons (Fsp3) is 0.308. The number of fused-ring (bicyclic) bond motifs is 1. The van der Waals surface area contributed by atoms with Gasteiger partial charge in [0.25, 0.3) is 0 Å². The number of hydrogen-bond acceptors (Lipinski definition) is 4. The first-order chi connectivity index (χ1) is 9.91. The number of halogens is 1. The predicted molar refractivity (Wildman–Crippen MR) is 81.4 cm³/mol. The highest BCUT2D eigenvalue weighted by Gasteiger charge is 2.40. The second-order valence-corrected chi connectivity index (χ2v) is 8.06. The van der Waals surface area contributed by atoms with Crippen molar-refractivity contribution in [1.29, 1.82) is 0 Å². The lowest BCUT2D eigenvalue weighted by atomic mass is 10.2. The van der Waals surface area contributed by atoms with E-state index in [9.17, 15) is 18.3 Å². The summed E-state index contributed by atoms with van der Waals surface area (Å²) >= 11 is 7.24. The number of sulfonamides is 1. The van der Waals surface area contributed by atoms with Gasteiger partial charge in [-0.15, -0.1) is 11.3 Å². The Morgan fingerprint density at radius 3 is 2.90 bits per heavy atom. The molecule has 1 aliphatic rings. The molecule has 0 aliphatic carbocycles. The molecule has 0 saturated carbocycles. The van der Waals surface area contributed by atoms with Crippen LogP contribution in [0, 0.1) is 0 Å². The molecule has 1 N–H and O–H groups in total. The molecule has 0 radical (unpaired) electrons. The molecule has 0 spiro atoms. The van der Waals surface area contributed by atoms with Crippen LogP contribution < -0.4 is 0 Å². The highest BCUT2D eigenvalue weighted by molar-refractivity contribution is 7.89. The summed E-state index contributed by atoms with van der Waals surface area (Å²) in [7, 11) is -3.83. The number of carboxylic acids is 1. The van der Waals surface area contributed by atoms with Crippen molar-refractivity contribution in [3.8, 4) is 0 Å². The van der Waals surface area contributed by atoms with E-state index in [-0.39, 0.29) is 11.4 Å². The van der Waals surface area contributed by atoms with E-state index in [1.54, 1.807) is 23.6 Å². The maximum atomic E-state index is 12.8. The summed E-state index contributed by atoms with van der Waals surface area (Å²) in [4.78, 5) is 11.4. The zero-order valence-corrected chi connectivity index (χ0v) is 13.2. The predicted octanol–water partition coefficient (Wildman–Crippen LogP) is 2.79. The van der Waals surface area contributed by atoms with Gasteiger partial charge in [-0.25, -0.2) is 8.42 Å². The Balaban J connectivity index is 2.12. The number of benzene rings is 1. The quantitative estimate of drug-likeness (QED) is 0.928. The van der Waals surface area contributed by atoms with Crippen molar-refractivity contribution in [2.24, 2.45) is 0 Å². The second-order valence-electron chi connectivity index (χ2n) is 4.85. The standard InChI is InChI=1S/C13H12ClNO4S2/c14-8-3-4-11-9(6-8)12(7-20-11)21(18,19)15-5-1-2-10(15)13(16)17/h3-4,6-7,10H,1-2,5H2,(H,16,17)/t10-/m0/s1. The maximum Gasteiger partial charge on any atom is 0.322 e. The van der Waals surface area contributed by atoms with Crippen molar-refractivity contribution < 1.29 is 18.3 Å². The van der Waals surface area contributed by atoms with E-state index in [1.165, 1.54) is 11.3 Å². The number of aliphatic carboxylic acids is 1. The van der Waals surface area contributed by atoms with Crippen LogP contribution in [0.5, 0.6) is 0 Å². The molecule has 1 aliphatic heterocycles. The van der Waals surface area contributed by atoms with Gasteiger partial charge >= 0.3 is 5.97 Å². The average Bonchev–Trinajstić information content (AvgIpc) is 3.05. The van der Waals surface area contributed by atoms with Crippen molar-refractivity contribution in [2.45, 2.75) is 23.8 Å². The summed E-state index contributed by atoms with van der Waals surface area (Å²) in [5.41, 5.74) is 0. The van der Waals surface area contributed by atoms with E-state index in [1.807, 2.05) is 0 Å². The van der Waals surface area contributed by atoms with Crippen LogP contribution in [0.2, 0.25) is 5.02 Å². The highest BCUT2D eigenvalue weighted by Crippen LogP contribution is 2.35. The first kappa shape index (κ1) is 14.8. The third-order valence-electron chi connectivity index (χ3n) is 3.58. The molecule has 2 heterocycles. The zero-order valence-electron chi connectivity index (χ0n) is 10.8. The summed E-state index contributed by atoms with van der Waals surface area (Å²) in [6.07, 6.45) is 0.899. The minimum atomic E-state index is -3.83. The van der Waals surface area contributed by atoms with E-state index in [0.29, 0.717) is 23.3 Å². The molecule has 1 aromatic carbocycles. The fourth-order valence-corrected chi connectivity index (χ4v) is 5.85. The van der Waals surface area contributed by atoms with Gasteiger partial charge in [0.2, 0.25) is 10.0 Å². The third kappa shape index (κ3) is 2.44. The molecule has 0 amide bonds. The van der Waals surface area contributed by atoms with Crippen LogP contribution in [0.25, 0.3) is 10.1 Å². The van der Waals surface area contributed by atoms with E-state index in [4.69, 9.17) is 11.6 Å². The monoisotopic (exact) mass is 345 g/mol. The summed E-state index contributed by atoms with van der Waals surface area (Å²) in [5.74, 6) is -1.10. The van der Waals surface area contributed by atoms with E-state index in [0.717, 1.165) is 9.01 Å². The van der Waals surface area contributed by atoms with Crippen LogP contribution in [-0.4, -0.2) is 36.4 Å². The van der Waals surface area contributed by atoms with Crippen molar-refractivity contribution in [2.75, 3.05) is 6.54 Å². The van der Waals surface area contributed by atoms with Gasteiger partial charge in [-0.3, -0.25) is 4.79 Å². The van der Waals surface area contributed by atoms with Gasteiger partial charge in [-0.05, 0) is 31.0 Å². The lowest BCUT2D eigenvalue weighted by Gasteiger charge is -2.20. The fourth-order valence-electron chi connectivity index (χ4n) is 2.58. The topological polar surface area (TPSA) is 74.7 Å². The first-order valence-electron chi connectivity index (χ1n) is 6.32. The summed E-state index contributed by atoms with van der Waals surface area (Å²) in [6.45, 7) is 0.233. The summed E-state index contributed by atoms with van der Waals surface area (Å²) < 4.78 is 27.4. The number of nitrogens with zero attached hydrogens (tertiary/aromatic N) is 1. The molecule has 2 aromatic rings. The third-order valence-corrected chi connectivity index (χ3v) is 6.87. The lowest BCUT2D eigenvalue weighted by Crippen LogP contribution is -2.40. The largest absolute Gasteiger partial charge is 0.480 e. The smallest absolute Gasteiger partial charge is 0.322 e. The molecule has 112 valence electrons. The van der Waals surface area contributed by atoms with Crippen molar-refractivity contribution in [3.63, 3.8) is 0 Å². The van der Waals surface area contributed by atoms with E-state index < -0.39 is 22.0 Å². The average molecular weight is 346 g/mol. The Labute approximate surface area is 130 Å². The number of carboxylic acid groups (broad SMARTS) is 1. The molecular formula is C13H12ClNO4S2. The Morgan fingerprint density at radius 1 is 1.43 bits per heavy atom. The van der Waals surface area contributed by atoms with Crippen LogP contribution in [-0.2, 0) is 14.8 Å². The van der Waals surface area contributed by atoms with Gasteiger partial charge < -0.3 is 5.11 Å². The van der Waals surface area contributed by atoms with Crippen molar-refractivity contribution >= 4 is 49.0 Å². The molecule has 1 atom stereocenters. The highest BCUT2D eigenvalue weighted by atomic mass is 35.5. The molecular weight excluding hydrogens is 334 g/mol. The zero-order chi connectivity index (χ0) is 15.2. The van der Waals surface area contributed by atoms with Crippen LogP contribution in [0.15, 0.2) is 28.5 Å². The molecule has 1 fully saturated rings. The lowest BCUT2D eigenvalue weighted by molar-refractivity contribution is -0.140. The number of rotatable bonds is 3. The molecule has 1 aromatic heterocycles. The minimum absolute atomic E-state index is 0.137. The van der Waals surface area contributed by atoms with Crippen molar-refractivity contribution in [1.82, 2.24) is 4.31 Å². The van der Waals surface area contributed by atoms with Crippen LogP contribution in [0.1, 0.15) is 12.8 Å². The Morgan fingerprint density at radius 2 is 2.19 bits per heavy atom. The van der Waals surface area contributed by atoms with Crippen molar-refractivity contribution in [3.05, 3.63) is 28.6 Å². The van der Waals surface area contributed by atoms with Crippen LogP contribution >= 0.6 is 22.9 Å². The Kier molecular flexibility index (Phi) is 3.69. The van der Waals surface area contributed by atoms with Gasteiger partial charge in [0.15, 0.2) is 0 Å². The second kappa shape index (κ2) is 5.24. The van der Waals surface area contributed by atoms with E-state index in [2.05, 4.69) is 0 Å². The normalized spacial score (nSPS) is 20.1. The van der Waals surface area contributed by atoms with Gasteiger partial charge in [0, 0.05) is 27.0 Å². The van der Waals surface area contributed by atoms with E-state index >= 15 is 0 Å². The molecule has 5 nitrogen and oxygen atoms in total. The molecule has 8 heteroatoms. The molecule has 0 bridgehead atoms. The number of hydrogen-bond donors (Lipinski definition) is 1. The molecule has 21 heavy (non-hydrogen) atoms. The number of thiophene rings is 1. The maximum absolute atomic E-state index is 12.8. The summed E-state index contributed by atoms with van der Waals surface area (Å²) in [5, 5.41) is 11.7. The van der Waals surface area contributed by atoms with Gasteiger partial charge in [0.1, 0.15) is 10.9 Å². The van der Waals surface area contributed by atoms with Gasteiger partial charge in [-0.1, -0.05) is 11.6 Å². The summed E-state index contributed by atoms with van der Waals surface area (Å²) in [6, 6.07) is 4.09. The first-order valence-corrected chi connectivity index (χ1v) is 9.02. The minimum Gasteiger partial charge on any atom is -0.480 e. The SMILES string of the molecule is O=C(O)[C@@H]1CCCN1S(=O)(=O)c1csc2ccc(Cl)cc12.